The van der Waals surface area contributed by atoms with Crippen LogP contribution in [-0.4, -0.2) is 61.0 Å². The quantitative estimate of drug-likeness (QED) is 0.127. The molecule has 0 aliphatic heterocycles. The third-order valence-electron chi connectivity index (χ3n) is 3.07. The lowest BCUT2D eigenvalue weighted by atomic mass is 10.3. The Morgan fingerprint density at radius 2 is 0.842 bits per heavy atom. The Hall–Kier alpha value is -4.62. The molecule has 0 saturated heterocycles. The van der Waals surface area contributed by atoms with E-state index in [9.17, 15) is 48.6 Å². The predicted molar refractivity (Wildman–Crippen MR) is 125 cm³/mol. The normalized spacial score (nSPS) is 9.89. The van der Waals surface area contributed by atoms with Crippen LogP contribution in [0.3, 0.4) is 0 Å². The number of ether oxygens (including phenoxy) is 4. The van der Waals surface area contributed by atoms with E-state index in [1.165, 1.54) is 12.2 Å². The number of rotatable bonds is 12. The summed E-state index contributed by atoms with van der Waals surface area (Å²) in [6, 6.07) is 0. The highest BCUT2D eigenvalue weighted by Gasteiger charge is 2.12. The molecule has 0 aromatic heterocycles. The van der Waals surface area contributed by atoms with Crippen LogP contribution in [0.15, 0.2) is 36.5 Å². The second-order valence-electron chi connectivity index (χ2n) is 6.17. The fourth-order valence-electron chi connectivity index (χ4n) is 1.68. The molecular weight excluding hydrogens is 512 g/mol. The SMILES string of the molecule is CC=CC(=O)OC(=O)CCC(=O)OCC.CC=CC(=O)OC(=O)CCC(=O)OCC.O=C([O-])/C=C\C(=O)[O-].[H+].[H+]. The minimum Gasteiger partial charge on any atom is -0.545 e. The van der Waals surface area contributed by atoms with E-state index in [0.717, 1.165) is 12.2 Å². The maximum atomic E-state index is 11.0. The molecule has 0 radical (unpaired) electrons. The van der Waals surface area contributed by atoms with Crippen molar-refractivity contribution in [2.75, 3.05) is 13.2 Å². The molecule has 212 valence electrons. The van der Waals surface area contributed by atoms with Crippen LogP contribution >= 0.6 is 0 Å². The van der Waals surface area contributed by atoms with Gasteiger partial charge in [0.15, 0.2) is 0 Å². The lowest BCUT2D eigenvalue weighted by Gasteiger charge is -2.00. The van der Waals surface area contributed by atoms with Crippen LogP contribution in [0.5, 0.6) is 0 Å². The smallest absolute Gasteiger partial charge is 0.545 e. The number of carboxylic acid groups (broad SMARTS) is 2. The summed E-state index contributed by atoms with van der Waals surface area (Å²) in [6.45, 7) is 7.14. The third kappa shape index (κ3) is 31.4. The minimum atomic E-state index is -1.55. The van der Waals surface area contributed by atoms with Crippen LogP contribution in [-0.2, 0) is 57.3 Å². The van der Waals surface area contributed by atoms with E-state index in [-0.39, 0.29) is 41.8 Å². The zero-order chi connectivity index (χ0) is 29.9. The van der Waals surface area contributed by atoms with Gasteiger partial charge in [-0.15, -0.1) is 0 Å². The van der Waals surface area contributed by atoms with Gasteiger partial charge in [0.2, 0.25) is 0 Å². The highest BCUT2D eigenvalue weighted by atomic mass is 16.6. The van der Waals surface area contributed by atoms with Gasteiger partial charge < -0.3 is 38.7 Å². The molecule has 0 N–H and O–H groups in total. The lowest BCUT2D eigenvalue weighted by Crippen LogP contribution is -2.23. The fourth-order valence-corrected chi connectivity index (χ4v) is 1.68. The fraction of sp³-hybridized carbons (Fsp3) is 0.417. The Morgan fingerprint density at radius 3 is 1.08 bits per heavy atom. The molecule has 0 saturated carbocycles. The van der Waals surface area contributed by atoms with Crippen molar-refractivity contribution < 1.29 is 70.4 Å². The molecule has 0 aliphatic rings. The van der Waals surface area contributed by atoms with Gasteiger partial charge in [0, 0.05) is 12.2 Å². The first-order valence-corrected chi connectivity index (χ1v) is 11.0. The summed E-state index contributed by atoms with van der Waals surface area (Å²) in [5.41, 5.74) is 0. The van der Waals surface area contributed by atoms with Gasteiger partial charge in [0.1, 0.15) is 0 Å². The zero-order valence-corrected chi connectivity index (χ0v) is 21.4. The second kappa shape index (κ2) is 25.5. The number of carbonyl (C=O) groups excluding carboxylic acids is 8. The molecule has 0 aromatic rings. The van der Waals surface area contributed by atoms with Crippen LogP contribution < -0.4 is 10.2 Å². The van der Waals surface area contributed by atoms with Crippen molar-refractivity contribution in [2.24, 2.45) is 0 Å². The zero-order valence-electron chi connectivity index (χ0n) is 23.4. The maximum absolute atomic E-state index is 11.0. The van der Waals surface area contributed by atoms with E-state index in [2.05, 4.69) is 18.9 Å². The number of aliphatic carboxylic acids is 2. The Labute approximate surface area is 221 Å². The number of carbonyl (C=O) groups is 8. The van der Waals surface area contributed by atoms with E-state index in [1.807, 2.05) is 0 Å². The molecule has 0 spiro atoms. The average Bonchev–Trinajstić information content (AvgIpc) is 2.81. The van der Waals surface area contributed by atoms with Crippen LogP contribution in [0.25, 0.3) is 0 Å². The van der Waals surface area contributed by atoms with Crippen molar-refractivity contribution in [1.29, 1.82) is 0 Å². The van der Waals surface area contributed by atoms with Gasteiger partial charge in [-0.05, 0) is 39.8 Å². The van der Waals surface area contributed by atoms with Gasteiger partial charge >= 0.3 is 38.7 Å². The Bertz CT molecular complexity index is 835. The minimum absolute atomic E-state index is 0. The van der Waals surface area contributed by atoms with E-state index in [0.29, 0.717) is 12.2 Å². The molecule has 38 heavy (non-hydrogen) atoms. The molecule has 0 heterocycles. The first-order chi connectivity index (χ1) is 17.8. The van der Waals surface area contributed by atoms with Crippen molar-refractivity contribution in [2.45, 2.75) is 53.4 Å². The Kier molecular flexibility index (Phi) is 25.4. The average molecular weight is 545 g/mol. The number of allylic oxidation sites excluding steroid dienone is 2. The maximum Gasteiger partial charge on any atom is 1.00 e. The highest BCUT2D eigenvalue weighted by Crippen LogP contribution is 1.97. The van der Waals surface area contributed by atoms with E-state index in [4.69, 9.17) is 0 Å². The number of hydrogen-bond donors (Lipinski definition) is 0. The summed E-state index contributed by atoms with van der Waals surface area (Å²) in [6.07, 6.45) is 5.49. The van der Waals surface area contributed by atoms with Crippen molar-refractivity contribution in [3.63, 3.8) is 0 Å². The third-order valence-corrected chi connectivity index (χ3v) is 3.07. The molecular formula is C24H32O14. The van der Waals surface area contributed by atoms with Crippen molar-refractivity contribution in [3.05, 3.63) is 36.5 Å². The van der Waals surface area contributed by atoms with Crippen molar-refractivity contribution in [1.82, 2.24) is 0 Å². The molecule has 0 bridgehead atoms. The van der Waals surface area contributed by atoms with Crippen molar-refractivity contribution >= 4 is 47.8 Å². The molecule has 0 fully saturated rings. The van der Waals surface area contributed by atoms with E-state index >= 15 is 0 Å². The molecule has 14 nitrogen and oxygen atoms in total. The van der Waals surface area contributed by atoms with Crippen LogP contribution in [0.1, 0.15) is 56.2 Å². The van der Waals surface area contributed by atoms with Crippen molar-refractivity contribution in [3.8, 4) is 0 Å². The monoisotopic (exact) mass is 544 g/mol. The van der Waals surface area contributed by atoms with E-state index in [1.54, 1.807) is 27.7 Å². The topological polar surface area (TPSA) is 220 Å². The second-order valence-corrected chi connectivity index (χ2v) is 6.17. The predicted octanol–water partition coefficient (Wildman–Crippen LogP) is -0.781. The summed E-state index contributed by atoms with van der Waals surface area (Å²) in [4.78, 5) is 83.9. The Morgan fingerprint density at radius 1 is 0.553 bits per heavy atom. The van der Waals surface area contributed by atoms with E-state index < -0.39 is 47.8 Å². The summed E-state index contributed by atoms with van der Waals surface area (Å²) in [7, 11) is 0. The standard InChI is InChI=1S/2C10H14O5.C4H4O4/c2*1-3-5-9(12)15-10(13)7-6-8(11)14-4-2;5-3(6)1-2-4(7)8/h2*3,5H,4,6-7H2,1-2H3;1-2H,(H,5,6)(H,7,8)/b;;2-1-. The van der Waals surface area contributed by atoms with Gasteiger partial charge in [0.05, 0.1) is 50.8 Å². The van der Waals surface area contributed by atoms with Gasteiger partial charge in [-0.1, -0.05) is 12.2 Å². The summed E-state index contributed by atoms with van der Waals surface area (Å²) in [5, 5.41) is 18.8. The molecule has 0 unspecified atom stereocenters. The van der Waals surface area contributed by atoms with Crippen LogP contribution in [0.4, 0.5) is 0 Å². The summed E-state index contributed by atoms with van der Waals surface area (Å²) < 4.78 is 17.9. The van der Waals surface area contributed by atoms with Crippen LogP contribution in [0, 0.1) is 0 Å². The summed E-state index contributed by atoms with van der Waals surface area (Å²) >= 11 is 0. The molecule has 0 aromatic carbocycles. The first kappa shape index (κ1) is 37.9. The first-order valence-electron chi connectivity index (χ1n) is 11.0. The Balaban J connectivity index is -0.000000156. The lowest BCUT2D eigenvalue weighted by molar-refractivity contribution is -0.301. The van der Waals surface area contributed by atoms with Gasteiger partial charge in [-0.3, -0.25) is 19.2 Å². The molecule has 14 heteroatoms. The highest BCUT2D eigenvalue weighted by molar-refractivity contribution is 5.93. The van der Waals surface area contributed by atoms with Gasteiger partial charge in [-0.2, -0.15) is 0 Å². The molecule has 0 rings (SSSR count). The van der Waals surface area contributed by atoms with Gasteiger partial charge in [-0.25, -0.2) is 9.59 Å². The molecule has 0 atom stereocenters. The van der Waals surface area contributed by atoms with Gasteiger partial charge in [0.25, 0.3) is 0 Å². The summed E-state index contributed by atoms with van der Waals surface area (Å²) in [5.74, 6) is -6.97. The largest absolute Gasteiger partial charge is 1.00 e. The number of hydrogen-bond acceptors (Lipinski definition) is 14. The molecule has 0 amide bonds. The number of carboxylic acids is 2. The number of esters is 6. The molecule has 0 aliphatic carbocycles. The van der Waals surface area contributed by atoms with Crippen LogP contribution in [0.2, 0.25) is 0 Å².